The van der Waals surface area contributed by atoms with Gasteiger partial charge in [-0.3, -0.25) is 9.36 Å². The smallest absolute Gasteiger partial charge is 0.348 e. The van der Waals surface area contributed by atoms with E-state index in [0.29, 0.717) is 37.4 Å². The molecule has 0 saturated carbocycles. The zero-order valence-corrected chi connectivity index (χ0v) is 21.6. The van der Waals surface area contributed by atoms with Crippen molar-refractivity contribution < 1.29 is 9.53 Å². The molecule has 5 rings (SSSR count). The van der Waals surface area contributed by atoms with E-state index in [1.807, 2.05) is 66.1 Å². The maximum absolute atomic E-state index is 12.9. The van der Waals surface area contributed by atoms with E-state index in [0.717, 1.165) is 22.6 Å². The van der Waals surface area contributed by atoms with Gasteiger partial charge in [-0.25, -0.2) is 9.78 Å². The Labute approximate surface area is 215 Å². The molecule has 0 amide bonds. The number of thiophene rings is 1. The fraction of sp³-hybridized carbons (Fsp3) is 0.192. The first-order valence-electron chi connectivity index (χ1n) is 11.4. The number of rotatable bonds is 7. The van der Waals surface area contributed by atoms with Gasteiger partial charge in [0.15, 0.2) is 11.0 Å². The lowest BCUT2D eigenvalue weighted by molar-refractivity contribution is 0.0531. The highest BCUT2D eigenvalue weighted by Crippen LogP contribution is 2.31. The van der Waals surface area contributed by atoms with Crippen LogP contribution in [-0.4, -0.2) is 37.3 Å². The number of ether oxygens (including phenoxy) is 1. The predicted octanol–water partition coefficient (Wildman–Crippen LogP) is 5.32. The molecule has 0 fully saturated rings. The highest BCUT2D eigenvalue weighted by molar-refractivity contribution is 7.98. The average Bonchev–Trinajstić information content (AvgIpc) is 3.45. The number of carbonyl (C=O) groups is 1. The minimum Gasteiger partial charge on any atom is -0.462 e. The number of esters is 1. The van der Waals surface area contributed by atoms with Crippen LogP contribution < -0.4 is 5.56 Å². The fourth-order valence-corrected chi connectivity index (χ4v) is 5.76. The molecule has 0 unspecified atom stereocenters. The Morgan fingerprint density at radius 3 is 2.56 bits per heavy atom. The van der Waals surface area contributed by atoms with Crippen molar-refractivity contribution in [1.29, 1.82) is 0 Å². The normalized spacial score (nSPS) is 11.2. The van der Waals surface area contributed by atoms with Crippen molar-refractivity contribution in [3.63, 3.8) is 0 Å². The number of nitrogens with zero attached hydrogens (tertiary/aromatic N) is 4. The molecule has 1 N–H and O–H groups in total. The lowest BCUT2D eigenvalue weighted by Gasteiger charge is -2.10. The molecule has 0 bridgehead atoms. The van der Waals surface area contributed by atoms with Crippen molar-refractivity contribution in [2.24, 2.45) is 0 Å². The van der Waals surface area contributed by atoms with Gasteiger partial charge in [0.1, 0.15) is 15.5 Å². The third-order valence-electron chi connectivity index (χ3n) is 5.61. The Morgan fingerprint density at radius 1 is 1.08 bits per heavy atom. The first kappa shape index (κ1) is 24.0. The van der Waals surface area contributed by atoms with Crippen LogP contribution in [0, 0.1) is 13.8 Å². The van der Waals surface area contributed by atoms with Gasteiger partial charge in [0.25, 0.3) is 5.56 Å². The van der Waals surface area contributed by atoms with Crippen molar-refractivity contribution in [3.8, 4) is 17.1 Å². The third kappa shape index (κ3) is 4.57. The molecule has 5 aromatic rings. The molecule has 36 heavy (non-hydrogen) atoms. The van der Waals surface area contributed by atoms with Crippen LogP contribution in [0.15, 0.2) is 64.5 Å². The molecule has 0 aliphatic carbocycles. The highest BCUT2D eigenvalue weighted by atomic mass is 32.2. The van der Waals surface area contributed by atoms with Crippen molar-refractivity contribution in [2.75, 3.05) is 6.61 Å². The summed E-state index contributed by atoms with van der Waals surface area (Å²) in [6.07, 6.45) is 0. The summed E-state index contributed by atoms with van der Waals surface area (Å²) in [5.41, 5.74) is 3.37. The molecule has 8 nitrogen and oxygen atoms in total. The van der Waals surface area contributed by atoms with Gasteiger partial charge in [0.05, 0.1) is 17.7 Å². The molecule has 0 saturated heterocycles. The number of hydrogen-bond acceptors (Lipinski definition) is 8. The van der Waals surface area contributed by atoms with Crippen molar-refractivity contribution in [2.45, 2.75) is 31.7 Å². The van der Waals surface area contributed by atoms with Crippen molar-refractivity contribution in [3.05, 3.63) is 86.8 Å². The molecule has 3 aromatic heterocycles. The number of aromatic amines is 1. The van der Waals surface area contributed by atoms with Crippen LogP contribution in [0.25, 0.3) is 27.3 Å². The molecule has 0 atom stereocenters. The summed E-state index contributed by atoms with van der Waals surface area (Å²) in [5, 5.41) is 10.0. The average molecular weight is 518 g/mol. The summed E-state index contributed by atoms with van der Waals surface area (Å²) in [4.78, 5) is 33.5. The van der Waals surface area contributed by atoms with E-state index in [9.17, 15) is 9.59 Å². The maximum Gasteiger partial charge on any atom is 0.348 e. The van der Waals surface area contributed by atoms with Gasteiger partial charge in [0, 0.05) is 11.3 Å². The summed E-state index contributed by atoms with van der Waals surface area (Å²) in [7, 11) is 0. The Morgan fingerprint density at radius 2 is 1.83 bits per heavy atom. The minimum atomic E-state index is -0.437. The number of fused-ring (bicyclic) bond motifs is 1. The van der Waals surface area contributed by atoms with E-state index in [4.69, 9.17) is 4.74 Å². The predicted molar refractivity (Wildman–Crippen MR) is 142 cm³/mol. The van der Waals surface area contributed by atoms with Gasteiger partial charge in [-0.2, -0.15) is 0 Å². The zero-order chi connectivity index (χ0) is 25.2. The zero-order valence-electron chi connectivity index (χ0n) is 19.9. The van der Waals surface area contributed by atoms with E-state index in [-0.39, 0.29) is 12.2 Å². The third-order valence-corrected chi connectivity index (χ3v) is 7.71. The van der Waals surface area contributed by atoms with Crippen LogP contribution in [0.3, 0.4) is 0 Å². The first-order chi connectivity index (χ1) is 17.5. The number of H-pyrrole nitrogens is 1. The van der Waals surface area contributed by atoms with E-state index < -0.39 is 5.97 Å². The minimum absolute atomic E-state index is 0.269. The fourth-order valence-electron chi connectivity index (χ4n) is 3.85. The summed E-state index contributed by atoms with van der Waals surface area (Å²) >= 11 is 2.60. The molecule has 182 valence electrons. The van der Waals surface area contributed by atoms with Crippen LogP contribution in [0.4, 0.5) is 0 Å². The van der Waals surface area contributed by atoms with Crippen LogP contribution in [0.1, 0.15) is 33.5 Å². The van der Waals surface area contributed by atoms with E-state index in [2.05, 4.69) is 20.2 Å². The van der Waals surface area contributed by atoms with Crippen molar-refractivity contribution >= 4 is 39.3 Å². The van der Waals surface area contributed by atoms with E-state index in [1.54, 1.807) is 13.8 Å². The summed E-state index contributed by atoms with van der Waals surface area (Å²) in [5.74, 6) is 1.16. The lowest BCUT2D eigenvalue weighted by atomic mass is 10.2. The topological polar surface area (TPSA) is 103 Å². The molecule has 10 heteroatoms. The Balaban J connectivity index is 1.49. The SMILES string of the molecule is CCOC(=O)c1sc2nc(CSc3nnc(-c4ccccc4)n3-c3ccc(C)cc3)[nH]c(=O)c2c1C. The molecule has 3 heterocycles. The van der Waals surface area contributed by atoms with Gasteiger partial charge >= 0.3 is 5.97 Å². The van der Waals surface area contributed by atoms with Crippen LogP contribution in [-0.2, 0) is 10.5 Å². The van der Waals surface area contributed by atoms with Crippen LogP contribution >= 0.6 is 23.1 Å². The molecule has 2 aromatic carbocycles. The number of thioether (sulfide) groups is 1. The van der Waals surface area contributed by atoms with Gasteiger partial charge < -0.3 is 9.72 Å². The molecule has 0 radical (unpaired) electrons. The molecule has 0 aliphatic heterocycles. The monoisotopic (exact) mass is 517 g/mol. The van der Waals surface area contributed by atoms with Crippen LogP contribution in [0.5, 0.6) is 0 Å². The lowest BCUT2D eigenvalue weighted by Crippen LogP contribution is -2.11. The van der Waals surface area contributed by atoms with Gasteiger partial charge in [0.2, 0.25) is 0 Å². The highest BCUT2D eigenvalue weighted by Gasteiger charge is 2.21. The second-order valence-electron chi connectivity index (χ2n) is 8.10. The number of carbonyl (C=O) groups excluding carboxylic acids is 1. The first-order valence-corrected chi connectivity index (χ1v) is 13.2. The van der Waals surface area contributed by atoms with Gasteiger partial charge in [-0.05, 0) is 38.5 Å². The van der Waals surface area contributed by atoms with Crippen LogP contribution in [0.2, 0.25) is 0 Å². The largest absolute Gasteiger partial charge is 0.462 e. The molecular formula is C26H23N5O3S2. The van der Waals surface area contributed by atoms with Gasteiger partial charge in [-0.15, -0.1) is 21.5 Å². The summed E-state index contributed by atoms with van der Waals surface area (Å²) < 4.78 is 7.13. The number of aryl methyl sites for hydroxylation is 2. The van der Waals surface area contributed by atoms with E-state index >= 15 is 0 Å². The number of nitrogens with one attached hydrogen (secondary N) is 1. The Hall–Kier alpha value is -3.76. The molecular weight excluding hydrogens is 494 g/mol. The Bertz CT molecular complexity index is 1600. The second-order valence-corrected chi connectivity index (χ2v) is 10.0. The van der Waals surface area contributed by atoms with E-state index in [1.165, 1.54) is 23.1 Å². The number of aromatic nitrogens is 5. The standard InChI is InChI=1S/C26H23N5O3S2/c1-4-34-25(33)21-16(3)20-23(32)27-19(28-24(20)36-21)14-35-26-30-29-22(17-8-6-5-7-9-17)31(26)18-12-10-15(2)11-13-18/h5-13H,4,14H2,1-3H3,(H,27,28,32). The van der Waals surface area contributed by atoms with Crippen molar-refractivity contribution in [1.82, 2.24) is 24.7 Å². The quantitative estimate of drug-likeness (QED) is 0.230. The summed E-state index contributed by atoms with van der Waals surface area (Å²) in [6, 6.07) is 18.1. The Kier molecular flexibility index (Phi) is 6.71. The maximum atomic E-state index is 12.9. The second kappa shape index (κ2) is 10.1. The molecule has 0 spiro atoms. The molecule has 0 aliphatic rings. The number of hydrogen-bond donors (Lipinski definition) is 1. The summed E-state index contributed by atoms with van der Waals surface area (Å²) in [6.45, 7) is 5.80. The van der Waals surface area contributed by atoms with Gasteiger partial charge in [-0.1, -0.05) is 59.8 Å². The number of benzene rings is 2.